The molecule has 1 aromatic carbocycles. The second kappa shape index (κ2) is 9.25. The standard InChI is InChI=1S/C20H23F6N3O/c1-3-4-9-18(22,23)12-15(17(30)29-19(27-2)10-11-19)28-16(20(24,25)26)13-5-7-14(21)8-6-13/h5-8,15-16,28H,3-4,9-12H2,1H3,(H,29,30)/t15-,16-/m0/s1. The molecule has 2 atom stereocenters. The van der Waals surface area contributed by atoms with Gasteiger partial charge in [-0.25, -0.2) is 19.7 Å². The van der Waals surface area contributed by atoms with E-state index < -0.39 is 60.0 Å². The fraction of sp³-hybridized carbons (Fsp3) is 0.600. The van der Waals surface area contributed by atoms with E-state index in [1.54, 1.807) is 6.92 Å². The monoisotopic (exact) mass is 435 g/mol. The van der Waals surface area contributed by atoms with E-state index in [2.05, 4.69) is 10.2 Å². The molecule has 1 aliphatic rings. The first-order valence-corrected chi connectivity index (χ1v) is 9.58. The van der Waals surface area contributed by atoms with E-state index in [-0.39, 0.29) is 6.42 Å². The normalized spacial score (nSPS) is 17.7. The van der Waals surface area contributed by atoms with Gasteiger partial charge in [0.15, 0.2) is 0 Å². The zero-order valence-electron chi connectivity index (χ0n) is 16.3. The van der Waals surface area contributed by atoms with Gasteiger partial charge < -0.3 is 0 Å². The highest BCUT2D eigenvalue weighted by Crippen LogP contribution is 2.38. The summed E-state index contributed by atoms with van der Waals surface area (Å²) in [7, 11) is 0. The van der Waals surface area contributed by atoms with Crippen LogP contribution >= 0.6 is 0 Å². The van der Waals surface area contributed by atoms with Crippen LogP contribution in [0.3, 0.4) is 0 Å². The van der Waals surface area contributed by atoms with Gasteiger partial charge in [0.1, 0.15) is 11.9 Å². The third-order valence-electron chi connectivity index (χ3n) is 4.91. The fourth-order valence-corrected chi connectivity index (χ4v) is 3.00. The summed E-state index contributed by atoms with van der Waals surface area (Å²) in [5, 5.41) is 4.29. The van der Waals surface area contributed by atoms with E-state index >= 15 is 0 Å². The second-order valence-corrected chi connectivity index (χ2v) is 7.54. The molecule has 0 aromatic heterocycles. The average molecular weight is 435 g/mol. The van der Waals surface area contributed by atoms with Crippen molar-refractivity contribution >= 4 is 5.91 Å². The number of carbonyl (C=O) groups excluding carboxylic acids is 1. The molecule has 1 fully saturated rings. The van der Waals surface area contributed by atoms with Crippen molar-refractivity contribution in [1.29, 1.82) is 0 Å². The quantitative estimate of drug-likeness (QED) is 0.396. The maximum absolute atomic E-state index is 14.3. The van der Waals surface area contributed by atoms with E-state index in [0.29, 0.717) is 19.3 Å². The summed E-state index contributed by atoms with van der Waals surface area (Å²) in [4.78, 5) is 15.8. The van der Waals surface area contributed by atoms with Gasteiger partial charge in [-0.2, -0.15) is 13.2 Å². The van der Waals surface area contributed by atoms with Crippen molar-refractivity contribution in [3.63, 3.8) is 0 Å². The van der Waals surface area contributed by atoms with E-state index in [4.69, 9.17) is 6.57 Å². The molecule has 0 bridgehead atoms. The van der Waals surface area contributed by atoms with Crippen molar-refractivity contribution in [2.24, 2.45) is 0 Å². The lowest BCUT2D eigenvalue weighted by Crippen LogP contribution is -2.53. The number of amides is 1. The first-order valence-electron chi connectivity index (χ1n) is 9.58. The van der Waals surface area contributed by atoms with Crippen molar-refractivity contribution in [3.8, 4) is 0 Å². The summed E-state index contributed by atoms with van der Waals surface area (Å²) in [6, 6.07) is -0.956. The van der Waals surface area contributed by atoms with Gasteiger partial charge in [-0.1, -0.05) is 25.5 Å². The maximum Gasteiger partial charge on any atom is 0.407 e. The zero-order chi connectivity index (χ0) is 22.6. The Balaban J connectivity index is 2.29. The number of alkyl halides is 5. The Bertz CT molecular complexity index is 768. The van der Waals surface area contributed by atoms with Gasteiger partial charge in [0.2, 0.25) is 11.8 Å². The molecule has 1 amide bonds. The van der Waals surface area contributed by atoms with Crippen LogP contribution in [0.25, 0.3) is 4.85 Å². The van der Waals surface area contributed by atoms with Crippen LogP contribution in [0.2, 0.25) is 0 Å². The van der Waals surface area contributed by atoms with Crippen LogP contribution in [-0.2, 0) is 4.79 Å². The number of carbonyl (C=O) groups is 1. The zero-order valence-corrected chi connectivity index (χ0v) is 16.3. The van der Waals surface area contributed by atoms with Gasteiger partial charge in [-0.3, -0.25) is 20.3 Å². The minimum atomic E-state index is -4.92. The van der Waals surface area contributed by atoms with Gasteiger partial charge >= 0.3 is 11.8 Å². The minimum Gasteiger partial charge on any atom is -0.291 e. The molecule has 0 heterocycles. The highest BCUT2D eigenvalue weighted by Gasteiger charge is 2.54. The van der Waals surface area contributed by atoms with Crippen LogP contribution in [0.1, 0.15) is 57.1 Å². The van der Waals surface area contributed by atoms with Crippen LogP contribution in [0.5, 0.6) is 0 Å². The fourth-order valence-electron chi connectivity index (χ4n) is 3.00. The SMILES string of the molecule is [C-]#[N+]C1(NC(=O)[C@H](CC(F)(F)CCCC)N[C@@H](c2ccc(F)cc2)C(F)(F)F)CC1. The molecule has 0 aliphatic heterocycles. The number of halogens is 6. The lowest BCUT2D eigenvalue weighted by atomic mass is 9.99. The molecule has 1 aliphatic carbocycles. The van der Waals surface area contributed by atoms with Gasteiger partial charge in [0, 0.05) is 12.8 Å². The molecule has 1 aromatic rings. The van der Waals surface area contributed by atoms with Crippen molar-refractivity contribution in [2.75, 3.05) is 0 Å². The second-order valence-electron chi connectivity index (χ2n) is 7.54. The first kappa shape index (κ1) is 24.0. The van der Waals surface area contributed by atoms with Gasteiger partial charge in [-0.15, -0.1) is 0 Å². The van der Waals surface area contributed by atoms with Crippen LogP contribution in [0.4, 0.5) is 26.3 Å². The molecule has 166 valence electrons. The topological polar surface area (TPSA) is 45.5 Å². The Morgan fingerprint density at radius 1 is 1.20 bits per heavy atom. The van der Waals surface area contributed by atoms with Crippen molar-refractivity contribution < 1.29 is 31.1 Å². The highest BCUT2D eigenvalue weighted by molar-refractivity contribution is 5.83. The lowest BCUT2D eigenvalue weighted by Gasteiger charge is -2.29. The third-order valence-corrected chi connectivity index (χ3v) is 4.91. The smallest absolute Gasteiger partial charge is 0.291 e. The molecule has 0 unspecified atom stereocenters. The van der Waals surface area contributed by atoms with Crippen LogP contribution in [-0.4, -0.2) is 29.7 Å². The molecule has 0 radical (unpaired) electrons. The molecule has 1 saturated carbocycles. The Morgan fingerprint density at radius 2 is 1.80 bits per heavy atom. The predicted octanol–water partition coefficient (Wildman–Crippen LogP) is 5.13. The molecule has 0 spiro atoms. The number of rotatable bonds is 10. The number of hydrogen-bond donors (Lipinski definition) is 2. The molecular formula is C20H23F6N3O. The number of nitrogens with one attached hydrogen (secondary N) is 2. The van der Waals surface area contributed by atoms with Gasteiger partial charge in [0.05, 0.1) is 18.9 Å². The summed E-state index contributed by atoms with van der Waals surface area (Å²) in [6.07, 6.45) is -5.43. The number of benzene rings is 1. The van der Waals surface area contributed by atoms with E-state index in [1.165, 1.54) is 0 Å². The summed E-state index contributed by atoms with van der Waals surface area (Å²) < 4.78 is 82.8. The number of nitrogens with zero attached hydrogens (tertiary/aromatic N) is 1. The lowest BCUT2D eigenvalue weighted by molar-refractivity contribution is -0.163. The van der Waals surface area contributed by atoms with Crippen molar-refractivity contribution in [1.82, 2.24) is 10.6 Å². The Morgan fingerprint density at radius 3 is 2.27 bits per heavy atom. The van der Waals surface area contributed by atoms with E-state index in [9.17, 15) is 31.1 Å². The van der Waals surface area contributed by atoms with Crippen LogP contribution in [0, 0.1) is 12.4 Å². The summed E-state index contributed by atoms with van der Waals surface area (Å²) in [5.41, 5.74) is -1.65. The third kappa shape index (κ3) is 6.62. The molecule has 2 rings (SSSR count). The number of hydrogen-bond acceptors (Lipinski definition) is 2. The molecular weight excluding hydrogens is 412 g/mol. The highest BCUT2D eigenvalue weighted by atomic mass is 19.4. The van der Waals surface area contributed by atoms with Crippen molar-refractivity contribution in [3.05, 3.63) is 47.1 Å². The Hall–Kier alpha value is -2.28. The molecule has 10 heteroatoms. The molecule has 30 heavy (non-hydrogen) atoms. The van der Waals surface area contributed by atoms with E-state index in [0.717, 1.165) is 24.3 Å². The Kier molecular flexibility index (Phi) is 7.40. The summed E-state index contributed by atoms with van der Waals surface area (Å²) >= 11 is 0. The summed E-state index contributed by atoms with van der Waals surface area (Å²) in [5.74, 6) is -5.22. The molecule has 4 nitrogen and oxygen atoms in total. The minimum absolute atomic E-state index is 0.147. The van der Waals surface area contributed by atoms with Crippen molar-refractivity contribution in [2.45, 2.75) is 75.3 Å². The van der Waals surface area contributed by atoms with Crippen LogP contribution < -0.4 is 10.6 Å². The van der Waals surface area contributed by atoms with Gasteiger partial charge in [-0.05, 0) is 24.1 Å². The van der Waals surface area contributed by atoms with E-state index in [1.807, 2.05) is 5.32 Å². The predicted molar refractivity (Wildman–Crippen MR) is 97.9 cm³/mol. The number of unbranched alkanes of at least 4 members (excludes halogenated alkanes) is 1. The molecule has 2 N–H and O–H groups in total. The molecule has 0 saturated heterocycles. The Labute approximate surface area is 170 Å². The maximum atomic E-state index is 14.3. The van der Waals surface area contributed by atoms with Crippen LogP contribution in [0.15, 0.2) is 24.3 Å². The average Bonchev–Trinajstić information content (AvgIpc) is 3.43. The van der Waals surface area contributed by atoms with Gasteiger partial charge in [0.25, 0.3) is 0 Å². The largest absolute Gasteiger partial charge is 0.407 e. The summed E-state index contributed by atoms with van der Waals surface area (Å²) in [6.45, 7) is 8.79. The first-order chi connectivity index (χ1) is 13.9.